The number of amides is 2. The average Bonchev–Trinajstić information content (AvgIpc) is 3.39. The van der Waals surface area contributed by atoms with Crippen molar-refractivity contribution in [2.75, 3.05) is 10.6 Å². The standard InChI is InChI=1S/C21H18ClN3O2S/c1-13-6-5-9-15(22)17(13)24-18(26)16-12-23-20(28-16)25-19(27)21(10-11-21)14-7-3-2-4-8-14/h2-9,12H,10-11H2,1H3,(H,24,26)(H,23,25,27). The summed E-state index contributed by atoms with van der Waals surface area (Å²) in [5.41, 5.74) is 1.98. The summed E-state index contributed by atoms with van der Waals surface area (Å²) < 4.78 is 0. The monoisotopic (exact) mass is 411 g/mol. The molecule has 0 bridgehead atoms. The Labute approximate surface area is 171 Å². The number of hydrogen-bond acceptors (Lipinski definition) is 4. The van der Waals surface area contributed by atoms with Crippen LogP contribution in [0.5, 0.6) is 0 Å². The van der Waals surface area contributed by atoms with E-state index in [0.29, 0.717) is 20.7 Å². The van der Waals surface area contributed by atoms with Crippen molar-refractivity contribution in [1.29, 1.82) is 0 Å². The molecule has 1 aromatic heterocycles. The fourth-order valence-corrected chi connectivity index (χ4v) is 4.12. The van der Waals surface area contributed by atoms with Crippen LogP contribution in [0.3, 0.4) is 0 Å². The molecule has 0 radical (unpaired) electrons. The fourth-order valence-electron chi connectivity index (χ4n) is 3.15. The summed E-state index contributed by atoms with van der Waals surface area (Å²) in [6, 6.07) is 15.2. The van der Waals surface area contributed by atoms with Crippen molar-refractivity contribution in [2.24, 2.45) is 0 Å². The first-order chi connectivity index (χ1) is 13.5. The number of aromatic nitrogens is 1. The molecule has 1 aliphatic rings. The summed E-state index contributed by atoms with van der Waals surface area (Å²) >= 11 is 7.31. The van der Waals surface area contributed by atoms with Crippen LogP contribution in [0.2, 0.25) is 5.02 Å². The van der Waals surface area contributed by atoms with Gasteiger partial charge >= 0.3 is 0 Å². The number of anilines is 2. The van der Waals surface area contributed by atoms with E-state index in [4.69, 9.17) is 11.6 Å². The molecule has 1 saturated carbocycles. The van der Waals surface area contributed by atoms with Gasteiger partial charge in [0, 0.05) is 0 Å². The van der Waals surface area contributed by atoms with Crippen molar-refractivity contribution >= 4 is 45.6 Å². The van der Waals surface area contributed by atoms with Crippen LogP contribution in [-0.4, -0.2) is 16.8 Å². The highest BCUT2D eigenvalue weighted by Gasteiger charge is 2.51. The number of rotatable bonds is 5. The number of nitrogens with zero attached hydrogens (tertiary/aromatic N) is 1. The smallest absolute Gasteiger partial charge is 0.267 e. The minimum atomic E-state index is -0.482. The molecule has 0 aliphatic heterocycles. The third-order valence-electron chi connectivity index (χ3n) is 4.92. The number of thiazole rings is 1. The molecule has 5 nitrogen and oxygen atoms in total. The number of nitrogens with one attached hydrogen (secondary N) is 2. The summed E-state index contributed by atoms with van der Waals surface area (Å²) in [6.45, 7) is 1.87. The third-order valence-corrected chi connectivity index (χ3v) is 6.15. The number of carbonyl (C=O) groups is 2. The van der Waals surface area contributed by atoms with E-state index < -0.39 is 5.41 Å². The zero-order valence-corrected chi connectivity index (χ0v) is 16.7. The lowest BCUT2D eigenvalue weighted by Crippen LogP contribution is -2.27. The fraction of sp³-hybridized carbons (Fsp3) is 0.190. The van der Waals surface area contributed by atoms with Gasteiger partial charge in [0.2, 0.25) is 5.91 Å². The number of halogens is 1. The second-order valence-corrected chi connectivity index (χ2v) is 8.26. The molecular formula is C21H18ClN3O2S. The van der Waals surface area contributed by atoms with Crippen molar-refractivity contribution in [2.45, 2.75) is 25.2 Å². The Kier molecular flexibility index (Phi) is 4.91. The number of benzene rings is 2. The van der Waals surface area contributed by atoms with E-state index in [-0.39, 0.29) is 11.8 Å². The molecule has 1 aliphatic carbocycles. The van der Waals surface area contributed by atoms with Crippen molar-refractivity contribution in [3.63, 3.8) is 0 Å². The molecule has 0 unspecified atom stereocenters. The van der Waals surface area contributed by atoms with Crippen LogP contribution in [0.25, 0.3) is 0 Å². The number of aryl methyl sites for hydroxylation is 1. The van der Waals surface area contributed by atoms with Crippen molar-refractivity contribution in [3.8, 4) is 0 Å². The van der Waals surface area contributed by atoms with Gasteiger partial charge in [0.05, 0.1) is 22.3 Å². The maximum Gasteiger partial charge on any atom is 0.267 e. The van der Waals surface area contributed by atoms with Gasteiger partial charge in [-0.25, -0.2) is 4.98 Å². The Hall–Kier alpha value is -2.70. The minimum Gasteiger partial charge on any atom is -0.320 e. The van der Waals surface area contributed by atoms with Crippen LogP contribution in [-0.2, 0) is 10.2 Å². The lowest BCUT2D eigenvalue weighted by atomic mass is 9.95. The molecule has 28 heavy (non-hydrogen) atoms. The molecule has 0 saturated heterocycles. The number of para-hydroxylation sites is 1. The Balaban J connectivity index is 1.46. The molecule has 3 aromatic rings. The quantitative estimate of drug-likeness (QED) is 0.618. The van der Waals surface area contributed by atoms with Crippen LogP contribution in [0.1, 0.15) is 33.6 Å². The van der Waals surface area contributed by atoms with Crippen LogP contribution in [0.4, 0.5) is 10.8 Å². The average molecular weight is 412 g/mol. The minimum absolute atomic E-state index is 0.0815. The lowest BCUT2D eigenvalue weighted by Gasteiger charge is -2.14. The predicted octanol–water partition coefficient (Wildman–Crippen LogP) is 5.03. The van der Waals surface area contributed by atoms with Crippen LogP contribution < -0.4 is 10.6 Å². The Morgan fingerprint density at radius 1 is 1.07 bits per heavy atom. The zero-order chi connectivity index (χ0) is 19.7. The first kappa shape index (κ1) is 18.7. The van der Waals surface area contributed by atoms with Crippen molar-refractivity contribution in [3.05, 3.63) is 75.8 Å². The van der Waals surface area contributed by atoms with Gasteiger partial charge in [-0.15, -0.1) is 0 Å². The van der Waals surface area contributed by atoms with Gasteiger partial charge in [0.25, 0.3) is 5.91 Å². The normalized spacial score (nSPS) is 14.4. The van der Waals surface area contributed by atoms with E-state index in [9.17, 15) is 9.59 Å². The maximum absolute atomic E-state index is 12.8. The molecule has 0 spiro atoms. The molecule has 2 N–H and O–H groups in total. The lowest BCUT2D eigenvalue weighted by molar-refractivity contribution is -0.118. The third kappa shape index (κ3) is 3.53. The van der Waals surface area contributed by atoms with Gasteiger partial charge in [-0.2, -0.15) is 0 Å². The molecular weight excluding hydrogens is 394 g/mol. The van der Waals surface area contributed by atoms with Gasteiger partial charge in [-0.3, -0.25) is 9.59 Å². The summed E-state index contributed by atoms with van der Waals surface area (Å²) in [5, 5.41) is 6.57. The summed E-state index contributed by atoms with van der Waals surface area (Å²) in [6.07, 6.45) is 3.09. The number of hydrogen-bond donors (Lipinski definition) is 2. The zero-order valence-electron chi connectivity index (χ0n) is 15.2. The second kappa shape index (κ2) is 7.37. The van der Waals surface area contributed by atoms with Crippen molar-refractivity contribution < 1.29 is 9.59 Å². The van der Waals surface area contributed by atoms with E-state index in [1.54, 1.807) is 6.07 Å². The Morgan fingerprint density at radius 2 is 1.82 bits per heavy atom. The molecule has 0 atom stereocenters. The van der Waals surface area contributed by atoms with Gasteiger partial charge in [-0.05, 0) is 37.0 Å². The predicted molar refractivity (Wildman–Crippen MR) is 112 cm³/mol. The maximum atomic E-state index is 12.8. The molecule has 1 fully saturated rings. The van der Waals surface area contributed by atoms with Gasteiger partial charge in [-0.1, -0.05) is 65.4 Å². The highest BCUT2D eigenvalue weighted by molar-refractivity contribution is 7.17. The highest BCUT2D eigenvalue weighted by atomic mass is 35.5. The second-order valence-electron chi connectivity index (χ2n) is 6.82. The summed E-state index contributed by atoms with van der Waals surface area (Å²) in [5.74, 6) is -0.389. The van der Waals surface area contributed by atoms with Gasteiger partial charge < -0.3 is 10.6 Å². The topological polar surface area (TPSA) is 71.1 Å². The Morgan fingerprint density at radius 3 is 2.50 bits per heavy atom. The van der Waals surface area contributed by atoms with E-state index in [1.807, 2.05) is 49.4 Å². The van der Waals surface area contributed by atoms with Crippen LogP contribution in [0.15, 0.2) is 54.7 Å². The van der Waals surface area contributed by atoms with Gasteiger partial charge in [0.15, 0.2) is 5.13 Å². The van der Waals surface area contributed by atoms with E-state index >= 15 is 0 Å². The number of carbonyl (C=O) groups excluding carboxylic acids is 2. The molecule has 4 rings (SSSR count). The van der Waals surface area contributed by atoms with E-state index in [1.165, 1.54) is 6.20 Å². The van der Waals surface area contributed by atoms with Gasteiger partial charge in [0.1, 0.15) is 4.88 Å². The summed E-state index contributed by atoms with van der Waals surface area (Å²) in [4.78, 5) is 29.9. The summed E-state index contributed by atoms with van der Waals surface area (Å²) in [7, 11) is 0. The molecule has 142 valence electrons. The highest BCUT2D eigenvalue weighted by Crippen LogP contribution is 2.49. The Bertz CT molecular complexity index is 1020. The van der Waals surface area contributed by atoms with Crippen LogP contribution >= 0.6 is 22.9 Å². The molecule has 2 amide bonds. The SMILES string of the molecule is Cc1cccc(Cl)c1NC(=O)c1cnc(NC(=O)C2(c3ccccc3)CC2)s1. The largest absolute Gasteiger partial charge is 0.320 e. The van der Waals surface area contributed by atoms with Crippen molar-refractivity contribution in [1.82, 2.24) is 4.98 Å². The first-order valence-corrected chi connectivity index (χ1v) is 10.1. The van der Waals surface area contributed by atoms with E-state index in [2.05, 4.69) is 15.6 Å². The first-order valence-electron chi connectivity index (χ1n) is 8.89. The molecule has 7 heteroatoms. The molecule has 2 aromatic carbocycles. The van der Waals surface area contributed by atoms with E-state index in [0.717, 1.165) is 35.3 Å². The van der Waals surface area contributed by atoms with Crippen LogP contribution in [0, 0.1) is 6.92 Å². The molecule has 1 heterocycles.